The Hall–Kier alpha value is -7.12. The molecule has 8 atom stereocenters. The largest absolute Gasteiger partial charge is 0.490 e. The van der Waals surface area contributed by atoms with Gasteiger partial charge in [-0.2, -0.15) is 0 Å². The van der Waals surface area contributed by atoms with Crippen molar-refractivity contribution in [1.29, 1.82) is 0 Å². The first-order valence-corrected chi connectivity index (χ1v) is 27.8. The number of carboxylic acid groups (broad SMARTS) is 2. The highest BCUT2D eigenvalue weighted by molar-refractivity contribution is 5.79. The van der Waals surface area contributed by atoms with Crippen molar-refractivity contribution in [2.75, 3.05) is 13.2 Å². The van der Waals surface area contributed by atoms with Crippen LogP contribution in [0.5, 0.6) is 23.3 Å². The first-order chi connectivity index (χ1) is 38.9. The van der Waals surface area contributed by atoms with Crippen LogP contribution in [0.15, 0.2) is 73.1 Å². The molecule has 0 aliphatic heterocycles. The monoisotopic (exact) mass is 1130 g/mol. The van der Waals surface area contributed by atoms with Gasteiger partial charge >= 0.3 is 11.9 Å². The average Bonchev–Trinajstić information content (AvgIpc) is 2.59. The smallest absolute Gasteiger partial charge is 0.307 e. The Kier molecular flexibility index (Phi) is 14.9. The van der Waals surface area contributed by atoms with Crippen molar-refractivity contribution in [3.63, 3.8) is 0 Å². The zero-order valence-electron chi connectivity index (χ0n) is 46.3. The van der Waals surface area contributed by atoms with E-state index in [0.29, 0.717) is 72.9 Å². The number of aryl methyl sites for hydroxylation is 4. The fourth-order valence-corrected chi connectivity index (χ4v) is 13.3. The third-order valence-electron chi connectivity index (χ3n) is 18.3. The Balaban J connectivity index is 0.000000172. The van der Waals surface area contributed by atoms with Gasteiger partial charge in [-0.15, -0.1) is 0 Å². The van der Waals surface area contributed by atoms with Gasteiger partial charge in [-0.25, -0.2) is 27.5 Å². The van der Waals surface area contributed by atoms with Gasteiger partial charge in [0.2, 0.25) is 11.8 Å². The maximum Gasteiger partial charge on any atom is 0.307 e. The van der Waals surface area contributed by atoms with Gasteiger partial charge in [0, 0.05) is 70.7 Å². The number of aromatic nitrogens is 2. The van der Waals surface area contributed by atoms with E-state index in [0.717, 1.165) is 56.6 Å². The number of pyridine rings is 2. The van der Waals surface area contributed by atoms with Crippen LogP contribution in [0.1, 0.15) is 107 Å². The topological polar surface area (TPSA) is 218 Å². The van der Waals surface area contributed by atoms with E-state index in [9.17, 15) is 49.0 Å². The number of fused-ring (bicyclic) bond motifs is 6. The van der Waals surface area contributed by atoms with Crippen molar-refractivity contribution in [2.24, 2.45) is 35.5 Å². The molecule has 2 aromatic heterocycles. The van der Waals surface area contributed by atoms with Gasteiger partial charge in [-0.3, -0.25) is 9.59 Å². The number of aliphatic hydroxyl groups is 4. The van der Waals surface area contributed by atoms with Crippen molar-refractivity contribution < 1.29 is 76.7 Å². The minimum Gasteiger partial charge on any atom is -0.490 e. The van der Waals surface area contributed by atoms with Gasteiger partial charge in [0.1, 0.15) is 48.0 Å². The van der Waals surface area contributed by atoms with Gasteiger partial charge in [-0.1, -0.05) is 0 Å². The van der Waals surface area contributed by atoms with Crippen LogP contribution < -0.4 is 18.9 Å². The Morgan fingerprint density at radius 3 is 1.23 bits per heavy atom. The first kappa shape index (κ1) is 56.7. The summed E-state index contributed by atoms with van der Waals surface area (Å²) in [6, 6.07) is 15.5. The molecule has 0 bridgehead atoms. The van der Waals surface area contributed by atoms with Crippen LogP contribution in [-0.4, -0.2) is 89.2 Å². The lowest BCUT2D eigenvalue weighted by Gasteiger charge is -2.43. The zero-order chi connectivity index (χ0) is 58.4. The molecule has 14 nitrogen and oxygen atoms in total. The van der Waals surface area contributed by atoms with Crippen LogP contribution in [0.25, 0.3) is 22.3 Å². The zero-order valence-corrected chi connectivity index (χ0v) is 46.3. The molecule has 6 aliphatic carbocycles. The van der Waals surface area contributed by atoms with Gasteiger partial charge in [0.25, 0.3) is 0 Å². The Bertz CT molecular complexity index is 3250. The predicted molar refractivity (Wildman–Crippen MR) is 291 cm³/mol. The first-order valence-electron chi connectivity index (χ1n) is 27.8. The fourth-order valence-electron chi connectivity index (χ4n) is 13.3. The summed E-state index contributed by atoms with van der Waals surface area (Å²) < 4.78 is 83.5. The van der Waals surface area contributed by atoms with E-state index in [4.69, 9.17) is 18.9 Å². The summed E-state index contributed by atoms with van der Waals surface area (Å²) in [5.41, 5.74) is 6.93. The highest BCUT2D eigenvalue weighted by Crippen LogP contribution is 2.62. The number of benzene rings is 4. The van der Waals surface area contributed by atoms with E-state index in [1.807, 2.05) is 52.0 Å². The molecule has 18 heteroatoms. The third kappa shape index (κ3) is 10.8. The Morgan fingerprint density at radius 2 is 0.902 bits per heavy atom. The SMILES string of the molecule is Cc1cc(OC2CC([C@@](C)(O)CO)C2)cc(C)c1-c1cc(COc2cc3c(cn2)[C@H]2[C@@H](C3)[C@@H]2C(=O)O)c(F)cc1F.Cc1cc(OC2CC([C@](C)(O)CO)C2)cc(C)c1-c1cc(COc2cc3c(cn2)[C@H]2[C@@H](C3)[C@@H]2C(=O)O)c(F)cc1F. The lowest BCUT2D eigenvalue weighted by Crippen LogP contribution is -2.49. The van der Waals surface area contributed by atoms with E-state index in [-0.39, 0.29) is 108 Å². The summed E-state index contributed by atoms with van der Waals surface area (Å²) in [5.74, 6) is -2.95. The molecule has 0 amide bonds. The number of rotatable bonds is 18. The van der Waals surface area contributed by atoms with Crippen molar-refractivity contribution in [3.05, 3.63) is 152 Å². The Labute approximate surface area is 471 Å². The minimum absolute atomic E-state index is 0.0117. The molecule has 0 saturated heterocycles. The van der Waals surface area contributed by atoms with Crippen molar-refractivity contribution in [3.8, 4) is 45.5 Å². The molecule has 4 fully saturated rings. The number of hydrogen-bond acceptors (Lipinski definition) is 12. The van der Waals surface area contributed by atoms with Crippen molar-refractivity contribution in [1.82, 2.24) is 9.97 Å². The molecule has 6 aromatic rings. The molecular weight excluding hydrogens is 1060 g/mol. The second-order valence-corrected chi connectivity index (χ2v) is 24.1. The number of halogens is 4. The summed E-state index contributed by atoms with van der Waals surface area (Å²) in [6.07, 6.45) is 7.00. The summed E-state index contributed by atoms with van der Waals surface area (Å²) in [6.45, 7) is 9.76. The van der Waals surface area contributed by atoms with E-state index < -0.39 is 46.4 Å². The fraction of sp³-hybridized carbons (Fsp3) is 0.438. The summed E-state index contributed by atoms with van der Waals surface area (Å²) in [5, 5.41) is 57.8. The molecule has 0 unspecified atom stereocenters. The molecule has 4 aromatic carbocycles. The van der Waals surface area contributed by atoms with Gasteiger partial charge in [0.15, 0.2) is 0 Å². The van der Waals surface area contributed by atoms with E-state index >= 15 is 8.78 Å². The molecule has 0 spiro atoms. The van der Waals surface area contributed by atoms with Crippen molar-refractivity contribution >= 4 is 11.9 Å². The van der Waals surface area contributed by atoms with E-state index in [1.165, 1.54) is 12.1 Å². The quantitative estimate of drug-likeness (QED) is 0.0442. The maximum absolute atomic E-state index is 15.1. The molecule has 6 N–H and O–H groups in total. The normalized spacial score (nSPS) is 25.5. The second-order valence-electron chi connectivity index (χ2n) is 24.1. The minimum atomic E-state index is -1.13. The van der Waals surface area contributed by atoms with Crippen LogP contribution in [0.2, 0.25) is 0 Å². The lowest BCUT2D eigenvalue weighted by atomic mass is 9.72. The molecule has 0 radical (unpaired) electrons. The van der Waals surface area contributed by atoms with Gasteiger partial charge < -0.3 is 49.6 Å². The van der Waals surface area contributed by atoms with E-state index in [2.05, 4.69) is 9.97 Å². The van der Waals surface area contributed by atoms with Crippen LogP contribution in [0, 0.1) is 86.5 Å². The molecular formula is C64H66F4N2O12. The number of hydrogen-bond donors (Lipinski definition) is 6. The highest BCUT2D eigenvalue weighted by atomic mass is 19.1. The maximum atomic E-state index is 15.1. The number of aliphatic hydroxyl groups excluding tert-OH is 2. The van der Waals surface area contributed by atoms with Crippen LogP contribution >= 0.6 is 0 Å². The lowest BCUT2D eigenvalue weighted by molar-refractivity contribution is -0.140. The molecule has 4 saturated carbocycles. The highest BCUT2D eigenvalue weighted by Gasteiger charge is 2.61. The van der Waals surface area contributed by atoms with Gasteiger partial charge in [0.05, 0.1) is 48.5 Å². The number of carboxylic acids is 2. The Morgan fingerprint density at radius 1 is 0.549 bits per heavy atom. The third-order valence-corrected chi connectivity index (χ3v) is 18.3. The molecule has 6 aliphatic rings. The number of ether oxygens (including phenoxy) is 4. The molecule has 12 rings (SSSR count). The molecule has 2 heterocycles. The number of carbonyl (C=O) groups is 2. The van der Waals surface area contributed by atoms with Crippen LogP contribution in [0.3, 0.4) is 0 Å². The average molecular weight is 1130 g/mol. The van der Waals surface area contributed by atoms with Crippen LogP contribution in [0.4, 0.5) is 17.6 Å². The van der Waals surface area contributed by atoms with Crippen LogP contribution in [-0.2, 0) is 35.6 Å². The molecule has 82 heavy (non-hydrogen) atoms. The standard InChI is InChI=1S/2C32H33F2NO6/c2*1-15-4-20(41-21-9-19(10-21)32(3,39)14-36)5-16(2)28(15)22-7-18(25(33)11-26(22)34)13-40-27-8-17-6-23-29(24(17)12-35-27)30(23)31(37)38/h2*4-5,7-8,11-12,19,21,23,29-30,36,39H,6,9-10,13-14H2,1-3H3,(H,37,38)/t19?,21?,23-,29-,30+,32+;19?,21?,23-,29-,30+,32-/m11/s1. The van der Waals surface area contributed by atoms with Gasteiger partial charge in [-0.05, 0) is 196 Å². The van der Waals surface area contributed by atoms with Crippen molar-refractivity contribution in [2.45, 2.75) is 129 Å². The summed E-state index contributed by atoms with van der Waals surface area (Å²) in [4.78, 5) is 31.3. The predicted octanol–water partition coefficient (Wildman–Crippen LogP) is 10.2. The summed E-state index contributed by atoms with van der Waals surface area (Å²) >= 11 is 0. The molecule has 432 valence electrons. The number of nitrogens with zero attached hydrogens (tertiary/aromatic N) is 2. The second kappa shape index (κ2) is 21.6. The van der Waals surface area contributed by atoms with E-state index in [1.54, 1.807) is 38.4 Å². The number of aliphatic carboxylic acids is 2. The summed E-state index contributed by atoms with van der Waals surface area (Å²) in [7, 11) is 0.